The van der Waals surface area contributed by atoms with Gasteiger partial charge in [-0.1, -0.05) is 41.6 Å². The highest BCUT2D eigenvalue weighted by atomic mass is 32.2. The largest absolute Gasteiger partial charge is 0.348 e. The van der Waals surface area contributed by atoms with Crippen LogP contribution in [0.15, 0.2) is 58.5 Å². The lowest BCUT2D eigenvalue weighted by Crippen LogP contribution is -2.24. The average molecular weight is 393 g/mol. The predicted octanol–water partition coefficient (Wildman–Crippen LogP) is 2.52. The maximum absolute atomic E-state index is 13.2. The minimum atomic E-state index is -0.153. The number of fused-ring (bicyclic) bond motifs is 3. The van der Waals surface area contributed by atoms with E-state index < -0.39 is 0 Å². The first-order valence-electron chi connectivity index (χ1n) is 8.76. The van der Waals surface area contributed by atoms with Crippen LogP contribution in [0.4, 0.5) is 0 Å². The van der Waals surface area contributed by atoms with Gasteiger partial charge in [0.1, 0.15) is 0 Å². The lowest BCUT2D eigenvalue weighted by molar-refractivity contribution is -0.125. The number of aromatic nitrogens is 4. The second-order valence-electron chi connectivity index (χ2n) is 6.69. The van der Waals surface area contributed by atoms with Gasteiger partial charge in [-0.2, -0.15) is 0 Å². The van der Waals surface area contributed by atoms with Gasteiger partial charge in [-0.3, -0.25) is 14.0 Å². The summed E-state index contributed by atoms with van der Waals surface area (Å²) in [5.74, 6) is 0.649. The maximum Gasteiger partial charge on any atom is 0.267 e. The molecule has 0 spiro atoms. The maximum atomic E-state index is 13.2. The lowest BCUT2D eigenvalue weighted by Gasteiger charge is -2.12. The van der Waals surface area contributed by atoms with E-state index in [0.29, 0.717) is 16.3 Å². The van der Waals surface area contributed by atoms with E-state index in [1.807, 2.05) is 53.8 Å². The number of amides is 1. The molecule has 0 aliphatic heterocycles. The highest BCUT2D eigenvalue weighted by Gasteiger charge is 2.18. The number of rotatable bonds is 4. The summed E-state index contributed by atoms with van der Waals surface area (Å²) in [7, 11) is 3.44. The Hall–Kier alpha value is -3.13. The molecule has 2 aromatic heterocycles. The van der Waals surface area contributed by atoms with Crippen molar-refractivity contribution in [2.24, 2.45) is 0 Å². The number of carbonyl (C=O) groups is 1. The standard InChI is InChI=1S/C20H19N5O2S/c1-13-8-10-14(11-9-13)24-18(27)15-6-4-5-7-16(15)25-19(24)21-22-20(25)28-12-17(26)23(2)3/h4-11H,12H2,1-3H3. The van der Waals surface area contributed by atoms with Crippen LogP contribution in [0.5, 0.6) is 0 Å². The summed E-state index contributed by atoms with van der Waals surface area (Å²) in [6.45, 7) is 2.00. The predicted molar refractivity (Wildman–Crippen MR) is 110 cm³/mol. The van der Waals surface area contributed by atoms with Crippen molar-refractivity contribution in [3.05, 3.63) is 64.4 Å². The number of benzene rings is 2. The highest BCUT2D eigenvalue weighted by molar-refractivity contribution is 7.99. The Kier molecular flexibility index (Phi) is 4.64. The van der Waals surface area contributed by atoms with Gasteiger partial charge in [-0.05, 0) is 31.2 Å². The molecule has 0 saturated heterocycles. The van der Waals surface area contributed by atoms with Crippen LogP contribution in [0.2, 0.25) is 0 Å². The molecule has 2 heterocycles. The number of para-hydroxylation sites is 1. The lowest BCUT2D eigenvalue weighted by atomic mass is 10.2. The van der Waals surface area contributed by atoms with Gasteiger partial charge in [-0.25, -0.2) is 4.57 Å². The number of thioether (sulfide) groups is 1. The van der Waals surface area contributed by atoms with E-state index in [2.05, 4.69) is 10.2 Å². The molecular formula is C20H19N5O2S. The average Bonchev–Trinajstić information content (AvgIpc) is 3.11. The summed E-state index contributed by atoms with van der Waals surface area (Å²) in [6, 6.07) is 15.1. The summed E-state index contributed by atoms with van der Waals surface area (Å²) in [4.78, 5) is 26.7. The molecule has 142 valence electrons. The van der Waals surface area contributed by atoms with E-state index in [1.165, 1.54) is 16.7 Å². The molecule has 0 atom stereocenters. The van der Waals surface area contributed by atoms with Crippen LogP contribution in [-0.2, 0) is 4.79 Å². The summed E-state index contributed by atoms with van der Waals surface area (Å²) in [5, 5.41) is 9.69. The molecule has 4 rings (SSSR count). The molecule has 0 radical (unpaired) electrons. The first-order valence-corrected chi connectivity index (χ1v) is 9.75. The van der Waals surface area contributed by atoms with E-state index in [0.717, 1.165) is 16.8 Å². The number of nitrogens with zero attached hydrogens (tertiary/aromatic N) is 5. The van der Waals surface area contributed by atoms with Crippen LogP contribution in [0.25, 0.3) is 22.4 Å². The van der Waals surface area contributed by atoms with Crippen molar-refractivity contribution in [2.45, 2.75) is 12.1 Å². The molecule has 0 N–H and O–H groups in total. The molecule has 0 aliphatic carbocycles. The second-order valence-corrected chi connectivity index (χ2v) is 7.63. The molecule has 1 amide bonds. The quantitative estimate of drug-likeness (QED) is 0.498. The Morgan fingerprint density at radius 3 is 2.50 bits per heavy atom. The zero-order valence-electron chi connectivity index (χ0n) is 15.8. The third-order valence-corrected chi connectivity index (χ3v) is 5.42. The molecule has 4 aromatic rings. The van der Waals surface area contributed by atoms with Gasteiger partial charge < -0.3 is 4.90 Å². The van der Waals surface area contributed by atoms with E-state index in [1.54, 1.807) is 24.7 Å². The fourth-order valence-electron chi connectivity index (χ4n) is 2.95. The number of hydrogen-bond donors (Lipinski definition) is 0. The van der Waals surface area contributed by atoms with Crippen LogP contribution < -0.4 is 5.56 Å². The van der Waals surface area contributed by atoms with Gasteiger partial charge in [0.05, 0.1) is 22.3 Å². The van der Waals surface area contributed by atoms with Crippen LogP contribution in [0, 0.1) is 6.92 Å². The Morgan fingerprint density at radius 1 is 1.07 bits per heavy atom. The summed E-state index contributed by atoms with van der Waals surface area (Å²) in [5.41, 5.74) is 2.39. The molecular weight excluding hydrogens is 374 g/mol. The molecule has 0 bridgehead atoms. The van der Waals surface area contributed by atoms with Crippen LogP contribution in [0.3, 0.4) is 0 Å². The molecule has 7 nitrogen and oxygen atoms in total. The normalized spacial score (nSPS) is 11.2. The summed E-state index contributed by atoms with van der Waals surface area (Å²) < 4.78 is 3.40. The van der Waals surface area contributed by atoms with Crippen molar-refractivity contribution < 1.29 is 4.79 Å². The third kappa shape index (κ3) is 3.05. The fourth-order valence-corrected chi connectivity index (χ4v) is 3.87. The zero-order chi connectivity index (χ0) is 19.8. The molecule has 0 saturated carbocycles. The van der Waals surface area contributed by atoms with Crippen LogP contribution in [0.1, 0.15) is 5.56 Å². The van der Waals surface area contributed by atoms with Gasteiger partial charge in [0.25, 0.3) is 5.56 Å². The van der Waals surface area contributed by atoms with Crippen molar-refractivity contribution >= 4 is 34.3 Å². The first-order chi connectivity index (χ1) is 13.5. The fraction of sp³-hybridized carbons (Fsp3) is 0.200. The van der Waals surface area contributed by atoms with Gasteiger partial charge >= 0.3 is 0 Å². The van der Waals surface area contributed by atoms with Gasteiger partial charge in [0, 0.05) is 14.1 Å². The Labute approximate surface area is 165 Å². The van der Waals surface area contributed by atoms with Gasteiger partial charge in [0.15, 0.2) is 5.16 Å². The highest BCUT2D eigenvalue weighted by Crippen LogP contribution is 2.23. The van der Waals surface area contributed by atoms with Crippen LogP contribution >= 0.6 is 11.8 Å². The number of hydrogen-bond acceptors (Lipinski definition) is 5. The molecule has 0 unspecified atom stereocenters. The Morgan fingerprint density at radius 2 is 1.79 bits per heavy atom. The zero-order valence-corrected chi connectivity index (χ0v) is 16.6. The third-order valence-electron chi connectivity index (χ3n) is 4.51. The van der Waals surface area contributed by atoms with Crippen molar-refractivity contribution in [3.63, 3.8) is 0 Å². The smallest absolute Gasteiger partial charge is 0.267 e. The van der Waals surface area contributed by atoms with E-state index >= 15 is 0 Å². The molecule has 2 aromatic carbocycles. The topological polar surface area (TPSA) is 72.5 Å². The summed E-state index contributed by atoms with van der Waals surface area (Å²) in [6.07, 6.45) is 0. The van der Waals surface area contributed by atoms with E-state index in [9.17, 15) is 9.59 Å². The monoisotopic (exact) mass is 393 g/mol. The van der Waals surface area contributed by atoms with Crippen molar-refractivity contribution in [3.8, 4) is 5.69 Å². The summed E-state index contributed by atoms with van der Waals surface area (Å²) >= 11 is 1.30. The minimum absolute atomic E-state index is 0.0158. The van der Waals surface area contributed by atoms with Crippen molar-refractivity contribution in [1.29, 1.82) is 0 Å². The van der Waals surface area contributed by atoms with E-state index in [4.69, 9.17) is 0 Å². The van der Waals surface area contributed by atoms with Crippen molar-refractivity contribution in [2.75, 3.05) is 19.8 Å². The number of carbonyl (C=O) groups excluding carboxylic acids is 1. The van der Waals surface area contributed by atoms with Gasteiger partial charge in [-0.15, -0.1) is 10.2 Å². The SMILES string of the molecule is Cc1ccc(-n2c(=O)c3ccccc3n3c(SCC(=O)N(C)C)nnc23)cc1. The molecule has 28 heavy (non-hydrogen) atoms. The number of aryl methyl sites for hydroxylation is 1. The second kappa shape index (κ2) is 7.12. The van der Waals surface area contributed by atoms with Gasteiger partial charge in [0.2, 0.25) is 11.7 Å². The molecule has 8 heteroatoms. The minimum Gasteiger partial charge on any atom is -0.348 e. The Balaban J connectivity index is 1.97. The molecule has 0 fully saturated rings. The first kappa shape index (κ1) is 18.2. The molecule has 0 aliphatic rings. The van der Waals surface area contributed by atoms with Crippen LogP contribution in [-0.4, -0.2) is 49.8 Å². The van der Waals surface area contributed by atoms with Crippen molar-refractivity contribution in [1.82, 2.24) is 24.1 Å². The Bertz CT molecular complexity index is 1240. The van der Waals surface area contributed by atoms with E-state index in [-0.39, 0.29) is 17.2 Å².